The van der Waals surface area contributed by atoms with Gasteiger partial charge in [-0.15, -0.1) is 0 Å². The van der Waals surface area contributed by atoms with Gasteiger partial charge in [-0.2, -0.15) is 0 Å². The molecule has 1 aromatic rings. The summed E-state index contributed by atoms with van der Waals surface area (Å²) in [5.41, 5.74) is 2.57. The van der Waals surface area contributed by atoms with E-state index in [-0.39, 0.29) is 25.0 Å². The average molecular weight is 334 g/mol. The second kappa shape index (κ2) is 8.44. The van der Waals surface area contributed by atoms with Crippen molar-refractivity contribution in [3.63, 3.8) is 0 Å². The summed E-state index contributed by atoms with van der Waals surface area (Å²) in [6.45, 7) is 5.26. The highest BCUT2D eigenvalue weighted by Gasteiger charge is 2.18. The zero-order valence-corrected chi connectivity index (χ0v) is 14.0. The Bertz CT molecular complexity index is 623. The molecule has 0 atom stereocenters. The van der Waals surface area contributed by atoms with E-state index in [9.17, 15) is 14.4 Å². The van der Waals surface area contributed by atoms with Crippen molar-refractivity contribution in [3.8, 4) is 0 Å². The molecular formula is C17H22N2O5. The van der Waals surface area contributed by atoms with Crippen LogP contribution in [0.4, 0.5) is 0 Å². The lowest BCUT2D eigenvalue weighted by atomic mass is 10.1. The number of nitrogens with one attached hydrogen (secondary N) is 1. The number of rotatable bonds is 5. The number of aryl methyl sites for hydroxylation is 2. The monoisotopic (exact) mass is 334 g/mol. The van der Waals surface area contributed by atoms with Crippen molar-refractivity contribution in [2.75, 3.05) is 39.5 Å². The van der Waals surface area contributed by atoms with Crippen LogP contribution in [-0.2, 0) is 19.1 Å². The summed E-state index contributed by atoms with van der Waals surface area (Å²) in [6, 6.07) is 5.31. The Hall–Kier alpha value is -2.41. The van der Waals surface area contributed by atoms with E-state index in [1.807, 2.05) is 19.9 Å². The van der Waals surface area contributed by atoms with Gasteiger partial charge in [0.05, 0.1) is 13.2 Å². The number of morpholine rings is 1. The molecule has 1 fully saturated rings. The molecule has 0 unspecified atom stereocenters. The van der Waals surface area contributed by atoms with Gasteiger partial charge < -0.3 is 19.7 Å². The number of benzene rings is 1. The number of hydrogen-bond donors (Lipinski definition) is 1. The Morgan fingerprint density at radius 3 is 2.54 bits per heavy atom. The lowest BCUT2D eigenvalue weighted by molar-refractivity contribution is -0.152. The largest absolute Gasteiger partial charge is 0.454 e. The van der Waals surface area contributed by atoms with Gasteiger partial charge in [-0.3, -0.25) is 14.4 Å². The van der Waals surface area contributed by atoms with Crippen LogP contribution in [0.25, 0.3) is 0 Å². The summed E-state index contributed by atoms with van der Waals surface area (Å²) in [7, 11) is 0. The van der Waals surface area contributed by atoms with E-state index < -0.39 is 5.97 Å². The first-order chi connectivity index (χ1) is 11.5. The number of amides is 2. The van der Waals surface area contributed by atoms with Gasteiger partial charge in [-0.05, 0) is 37.1 Å². The summed E-state index contributed by atoms with van der Waals surface area (Å²) in [6.07, 6.45) is 0. The van der Waals surface area contributed by atoms with E-state index in [4.69, 9.17) is 9.47 Å². The van der Waals surface area contributed by atoms with Gasteiger partial charge in [0.25, 0.3) is 11.8 Å². The molecule has 0 aliphatic carbocycles. The molecule has 1 heterocycles. The van der Waals surface area contributed by atoms with E-state index in [1.165, 1.54) is 0 Å². The lowest BCUT2D eigenvalue weighted by Crippen LogP contribution is -2.43. The van der Waals surface area contributed by atoms with Gasteiger partial charge in [0.2, 0.25) is 0 Å². The second-order valence-electron chi connectivity index (χ2n) is 5.64. The van der Waals surface area contributed by atoms with Crippen LogP contribution in [0.5, 0.6) is 0 Å². The van der Waals surface area contributed by atoms with Crippen molar-refractivity contribution in [1.29, 1.82) is 0 Å². The minimum absolute atomic E-state index is 0.257. The third-order valence-corrected chi connectivity index (χ3v) is 3.88. The number of nitrogens with zero attached hydrogens (tertiary/aromatic N) is 1. The van der Waals surface area contributed by atoms with Gasteiger partial charge in [0, 0.05) is 18.7 Å². The molecule has 0 radical (unpaired) electrons. The molecule has 1 aromatic carbocycles. The molecule has 0 saturated carbocycles. The third kappa shape index (κ3) is 5.06. The maximum Gasteiger partial charge on any atom is 0.325 e. The van der Waals surface area contributed by atoms with Gasteiger partial charge >= 0.3 is 5.97 Å². The van der Waals surface area contributed by atoms with Crippen molar-refractivity contribution >= 4 is 17.8 Å². The van der Waals surface area contributed by atoms with Crippen LogP contribution >= 0.6 is 0 Å². The molecule has 2 amide bonds. The maximum absolute atomic E-state index is 12.0. The van der Waals surface area contributed by atoms with E-state index in [2.05, 4.69) is 5.32 Å². The number of carbonyl (C=O) groups excluding carboxylic acids is 3. The van der Waals surface area contributed by atoms with Crippen molar-refractivity contribution in [2.45, 2.75) is 13.8 Å². The average Bonchev–Trinajstić information content (AvgIpc) is 2.60. The van der Waals surface area contributed by atoms with Gasteiger partial charge in [-0.25, -0.2) is 0 Å². The van der Waals surface area contributed by atoms with Gasteiger partial charge in [0.1, 0.15) is 6.54 Å². The first-order valence-corrected chi connectivity index (χ1v) is 7.84. The van der Waals surface area contributed by atoms with Crippen molar-refractivity contribution in [1.82, 2.24) is 10.2 Å². The number of carbonyl (C=O) groups is 3. The smallest absolute Gasteiger partial charge is 0.325 e. The fraction of sp³-hybridized carbons (Fsp3) is 0.471. The summed E-state index contributed by atoms with van der Waals surface area (Å²) in [5.74, 6) is -1.25. The highest BCUT2D eigenvalue weighted by molar-refractivity contribution is 5.96. The molecular weight excluding hydrogens is 312 g/mol. The highest BCUT2D eigenvalue weighted by Crippen LogP contribution is 2.09. The van der Waals surface area contributed by atoms with Crippen LogP contribution in [0.1, 0.15) is 21.5 Å². The zero-order valence-electron chi connectivity index (χ0n) is 14.0. The second-order valence-corrected chi connectivity index (χ2v) is 5.64. The normalized spacial score (nSPS) is 14.2. The lowest BCUT2D eigenvalue weighted by Gasteiger charge is -2.26. The summed E-state index contributed by atoms with van der Waals surface area (Å²) in [4.78, 5) is 37.1. The van der Waals surface area contributed by atoms with Gasteiger partial charge in [-0.1, -0.05) is 6.07 Å². The fourth-order valence-electron chi connectivity index (χ4n) is 2.23. The van der Waals surface area contributed by atoms with Gasteiger partial charge in [0.15, 0.2) is 6.61 Å². The van der Waals surface area contributed by atoms with Crippen molar-refractivity contribution in [3.05, 3.63) is 34.9 Å². The quantitative estimate of drug-likeness (QED) is 0.790. The fourth-order valence-corrected chi connectivity index (χ4v) is 2.23. The Morgan fingerprint density at radius 1 is 1.17 bits per heavy atom. The molecule has 7 heteroatoms. The van der Waals surface area contributed by atoms with E-state index in [1.54, 1.807) is 17.0 Å². The molecule has 1 N–H and O–H groups in total. The summed E-state index contributed by atoms with van der Waals surface area (Å²) >= 11 is 0. The number of esters is 1. The Labute approximate surface area is 140 Å². The Balaban J connectivity index is 1.73. The Kier molecular flexibility index (Phi) is 6.31. The molecule has 7 nitrogen and oxygen atoms in total. The van der Waals surface area contributed by atoms with Crippen molar-refractivity contribution in [2.24, 2.45) is 0 Å². The van der Waals surface area contributed by atoms with Crippen LogP contribution in [-0.4, -0.2) is 62.1 Å². The highest BCUT2D eigenvalue weighted by atomic mass is 16.5. The molecule has 2 rings (SSSR count). The molecule has 24 heavy (non-hydrogen) atoms. The molecule has 1 saturated heterocycles. The zero-order chi connectivity index (χ0) is 17.5. The predicted molar refractivity (Wildman–Crippen MR) is 86.6 cm³/mol. The SMILES string of the molecule is Cc1ccc(C(=O)NCC(=O)OCC(=O)N2CCOCC2)cc1C. The van der Waals surface area contributed by atoms with Crippen molar-refractivity contribution < 1.29 is 23.9 Å². The van der Waals surface area contributed by atoms with Crippen LogP contribution in [0.2, 0.25) is 0 Å². The Morgan fingerprint density at radius 2 is 1.88 bits per heavy atom. The van der Waals surface area contributed by atoms with Crippen LogP contribution in [0.15, 0.2) is 18.2 Å². The van der Waals surface area contributed by atoms with Crippen LogP contribution in [0.3, 0.4) is 0 Å². The predicted octanol–water partition coefficient (Wildman–Crippen LogP) is 0.435. The van der Waals surface area contributed by atoms with E-state index in [0.717, 1.165) is 11.1 Å². The minimum Gasteiger partial charge on any atom is -0.454 e. The standard InChI is InChI=1S/C17H22N2O5/c1-12-3-4-14(9-13(12)2)17(22)18-10-16(21)24-11-15(20)19-5-7-23-8-6-19/h3-4,9H,5-8,10-11H2,1-2H3,(H,18,22). The molecule has 1 aliphatic heterocycles. The molecule has 1 aliphatic rings. The molecule has 0 spiro atoms. The number of ether oxygens (including phenoxy) is 2. The molecule has 130 valence electrons. The first-order valence-electron chi connectivity index (χ1n) is 7.84. The van der Waals surface area contributed by atoms with E-state index >= 15 is 0 Å². The summed E-state index contributed by atoms with van der Waals surface area (Å²) in [5, 5.41) is 2.49. The minimum atomic E-state index is -0.645. The molecule has 0 aromatic heterocycles. The number of hydrogen-bond acceptors (Lipinski definition) is 5. The van der Waals surface area contributed by atoms with E-state index in [0.29, 0.717) is 31.9 Å². The third-order valence-electron chi connectivity index (χ3n) is 3.88. The van der Waals surface area contributed by atoms with Crippen LogP contribution in [0, 0.1) is 13.8 Å². The maximum atomic E-state index is 12.0. The van der Waals surface area contributed by atoms with Crippen LogP contribution < -0.4 is 5.32 Å². The first kappa shape index (κ1) is 17.9. The molecule has 0 bridgehead atoms. The topological polar surface area (TPSA) is 84.9 Å². The summed E-state index contributed by atoms with van der Waals surface area (Å²) < 4.78 is 10.0.